The molecule has 0 spiro atoms. The molecular weight excluding hydrogens is 246 g/mol. The lowest BCUT2D eigenvalue weighted by atomic mass is 10.0. The van der Waals surface area contributed by atoms with Gasteiger partial charge in [-0.2, -0.15) is 0 Å². The number of imidazole rings is 1. The molecule has 2 aromatic carbocycles. The van der Waals surface area contributed by atoms with Gasteiger partial charge in [-0.25, -0.2) is 4.98 Å². The third kappa shape index (κ3) is 3.18. The molecule has 0 aliphatic carbocycles. The van der Waals surface area contributed by atoms with E-state index in [1.165, 1.54) is 22.0 Å². The first-order chi connectivity index (χ1) is 9.59. The summed E-state index contributed by atoms with van der Waals surface area (Å²) in [6.45, 7) is 2.15. The van der Waals surface area contributed by atoms with Crippen LogP contribution in [0.1, 0.15) is 5.56 Å². The number of hydrogen-bond acceptors (Lipinski definition) is 2. The predicted molar refractivity (Wildman–Crippen MR) is 86.2 cm³/mol. The molecule has 0 aliphatic rings. The molecule has 0 saturated carbocycles. The minimum Gasteiger partial charge on any atom is -0.377 e. The summed E-state index contributed by atoms with van der Waals surface area (Å²) >= 11 is 0. The molecule has 0 fully saturated rings. The van der Waals surface area contributed by atoms with Crippen LogP contribution < -0.4 is 4.90 Å². The second kappa shape index (κ2) is 6.24. The van der Waals surface area contributed by atoms with Crippen LogP contribution in [0.3, 0.4) is 0 Å². The van der Waals surface area contributed by atoms with Crippen LogP contribution in [0.15, 0.2) is 55.1 Å². The molecule has 0 radical (unpaired) electrons. The summed E-state index contributed by atoms with van der Waals surface area (Å²) in [7, 11) is 6.10. The average molecular weight is 267 g/mol. The fourth-order valence-electron chi connectivity index (χ4n) is 2.17. The zero-order valence-electron chi connectivity index (χ0n) is 12.5. The van der Waals surface area contributed by atoms with E-state index in [4.69, 9.17) is 0 Å². The number of aryl methyl sites for hydroxylation is 2. The largest absolute Gasteiger partial charge is 0.377 e. The molecule has 0 saturated heterocycles. The molecule has 1 aromatic heterocycles. The summed E-state index contributed by atoms with van der Waals surface area (Å²) in [4.78, 5) is 5.94. The predicted octanol–water partition coefficient (Wildman–Crippen LogP) is 3.63. The fourth-order valence-corrected chi connectivity index (χ4v) is 2.17. The van der Waals surface area contributed by atoms with E-state index in [0.29, 0.717) is 0 Å². The summed E-state index contributed by atoms with van der Waals surface area (Å²) in [5.41, 5.74) is 2.62. The lowest BCUT2D eigenvalue weighted by molar-refractivity contribution is 0.913. The topological polar surface area (TPSA) is 21.1 Å². The Hall–Kier alpha value is -2.29. The first-order valence-electron chi connectivity index (χ1n) is 6.67. The molecule has 3 aromatic rings. The van der Waals surface area contributed by atoms with Crippen molar-refractivity contribution in [2.24, 2.45) is 7.05 Å². The van der Waals surface area contributed by atoms with E-state index >= 15 is 0 Å². The van der Waals surface area contributed by atoms with Crippen molar-refractivity contribution >= 4 is 16.5 Å². The van der Waals surface area contributed by atoms with E-state index in [1.807, 2.05) is 17.8 Å². The zero-order chi connectivity index (χ0) is 14.5. The van der Waals surface area contributed by atoms with Crippen LogP contribution in [0.5, 0.6) is 0 Å². The normalized spacial score (nSPS) is 10.0. The van der Waals surface area contributed by atoms with Crippen molar-refractivity contribution in [2.75, 3.05) is 19.0 Å². The maximum atomic E-state index is 3.78. The summed E-state index contributed by atoms with van der Waals surface area (Å²) in [6, 6.07) is 12.9. The van der Waals surface area contributed by atoms with Crippen molar-refractivity contribution in [3.05, 3.63) is 60.7 Å². The number of aromatic nitrogens is 2. The van der Waals surface area contributed by atoms with Gasteiger partial charge in [-0.3, -0.25) is 0 Å². The second-order valence-electron chi connectivity index (χ2n) is 5.07. The molecule has 20 heavy (non-hydrogen) atoms. The Morgan fingerprint density at radius 2 is 1.70 bits per heavy atom. The van der Waals surface area contributed by atoms with Gasteiger partial charge in [-0.05, 0) is 23.9 Å². The lowest BCUT2D eigenvalue weighted by Gasteiger charge is -2.15. The number of rotatable bonds is 1. The van der Waals surface area contributed by atoms with Crippen LogP contribution in [-0.2, 0) is 7.05 Å². The van der Waals surface area contributed by atoms with Crippen LogP contribution in [-0.4, -0.2) is 23.6 Å². The fraction of sp³-hybridized carbons (Fsp3) is 0.235. The first kappa shape index (κ1) is 14.1. The Balaban J connectivity index is 0.000000205. The molecule has 0 atom stereocenters. The summed E-state index contributed by atoms with van der Waals surface area (Å²) in [5.74, 6) is 0. The van der Waals surface area contributed by atoms with Gasteiger partial charge < -0.3 is 9.47 Å². The van der Waals surface area contributed by atoms with Crippen LogP contribution in [0, 0.1) is 6.92 Å². The van der Waals surface area contributed by atoms with Crippen molar-refractivity contribution in [1.29, 1.82) is 0 Å². The molecule has 3 rings (SSSR count). The van der Waals surface area contributed by atoms with E-state index in [9.17, 15) is 0 Å². The Morgan fingerprint density at radius 3 is 2.25 bits per heavy atom. The van der Waals surface area contributed by atoms with Gasteiger partial charge in [-0.1, -0.05) is 30.3 Å². The third-order valence-electron chi connectivity index (χ3n) is 3.24. The number of benzene rings is 2. The van der Waals surface area contributed by atoms with E-state index in [1.54, 1.807) is 12.5 Å². The molecule has 0 amide bonds. The van der Waals surface area contributed by atoms with Crippen LogP contribution in [0.4, 0.5) is 5.69 Å². The van der Waals surface area contributed by atoms with Crippen LogP contribution in [0.2, 0.25) is 0 Å². The minimum absolute atomic E-state index is 1.28. The Bertz CT molecular complexity index is 670. The number of nitrogens with zero attached hydrogens (tertiary/aromatic N) is 3. The molecule has 3 nitrogen and oxygen atoms in total. The SMILES string of the molecule is Cc1cccc2c(N(C)C)cccc12.Cn1ccnc1. The highest BCUT2D eigenvalue weighted by Crippen LogP contribution is 2.27. The van der Waals surface area contributed by atoms with Gasteiger partial charge in [0.2, 0.25) is 0 Å². The van der Waals surface area contributed by atoms with E-state index in [0.717, 1.165) is 0 Å². The Kier molecular flexibility index (Phi) is 4.41. The smallest absolute Gasteiger partial charge is 0.0943 e. The molecule has 104 valence electrons. The molecule has 0 aliphatic heterocycles. The Labute approximate surface area is 120 Å². The minimum atomic E-state index is 1.28. The quantitative estimate of drug-likeness (QED) is 0.671. The Morgan fingerprint density at radius 1 is 1.00 bits per heavy atom. The van der Waals surface area contributed by atoms with Crippen molar-refractivity contribution in [3.63, 3.8) is 0 Å². The van der Waals surface area contributed by atoms with Gasteiger partial charge >= 0.3 is 0 Å². The number of fused-ring (bicyclic) bond motifs is 1. The van der Waals surface area contributed by atoms with Gasteiger partial charge in [0, 0.05) is 44.6 Å². The molecule has 0 bridgehead atoms. The van der Waals surface area contributed by atoms with Crippen molar-refractivity contribution < 1.29 is 0 Å². The summed E-state index contributed by atoms with van der Waals surface area (Å²) in [6.07, 6.45) is 5.39. The van der Waals surface area contributed by atoms with Crippen molar-refractivity contribution in [2.45, 2.75) is 6.92 Å². The standard InChI is InChI=1S/C13H15N.C4H6N2/c1-10-6-4-8-12-11(10)7-5-9-13(12)14(2)3;1-6-3-2-5-4-6/h4-9H,1-3H3;2-4H,1H3. The van der Waals surface area contributed by atoms with E-state index in [2.05, 4.69) is 67.3 Å². The van der Waals surface area contributed by atoms with Gasteiger partial charge in [-0.15, -0.1) is 0 Å². The lowest BCUT2D eigenvalue weighted by Crippen LogP contribution is -2.08. The van der Waals surface area contributed by atoms with Crippen molar-refractivity contribution in [1.82, 2.24) is 9.55 Å². The van der Waals surface area contributed by atoms with Gasteiger partial charge in [0.25, 0.3) is 0 Å². The molecular formula is C17H21N3. The van der Waals surface area contributed by atoms with Gasteiger partial charge in [0.1, 0.15) is 0 Å². The van der Waals surface area contributed by atoms with Crippen LogP contribution >= 0.6 is 0 Å². The monoisotopic (exact) mass is 267 g/mol. The van der Waals surface area contributed by atoms with E-state index < -0.39 is 0 Å². The number of hydrogen-bond donors (Lipinski definition) is 0. The van der Waals surface area contributed by atoms with Gasteiger partial charge in [0.05, 0.1) is 6.33 Å². The average Bonchev–Trinajstić information content (AvgIpc) is 2.90. The summed E-state index contributed by atoms with van der Waals surface area (Å²) in [5, 5.41) is 2.68. The van der Waals surface area contributed by atoms with Gasteiger partial charge in [0.15, 0.2) is 0 Å². The van der Waals surface area contributed by atoms with E-state index in [-0.39, 0.29) is 0 Å². The highest BCUT2D eigenvalue weighted by molar-refractivity contribution is 5.96. The molecule has 0 N–H and O–H groups in total. The third-order valence-corrected chi connectivity index (χ3v) is 3.24. The summed E-state index contributed by atoms with van der Waals surface area (Å²) < 4.78 is 1.89. The zero-order valence-corrected chi connectivity index (χ0v) is 12.5. The first-order valence-corrected chi connectivity index (χ1v) is 6.67. The maximum absolute atomic E-state index is 3.78. The molecule has 1 heterocycles. The highest BCUT2D eigenvalue weighted by atomic mass is 15.1. The second-order valence-corrected chi connectivity index (χ2v) is 5.07. The number of anilines is 1. The highest BCUT2D eigenvalue weighted by Gasteiger charge is 2.02. The van der Waals surface area contributed by atoms with Crippen LogP contribution in [0.25, 0.3) is 10.8 Å². The molecule has 0 unspecified atom stereocenters. The molecule has 3 heteroatoms. The van der Waals surface area contributed by atoms with Crippen molar-refractivity contribution in [3.8, 4) is 0 Å². The maximum Gasteiger partial charge on any atom is 0.0943 e.